The number of nitrogens with zero attached hydrogens (tertiary/aromatic N) is 1. The van der Waals surface area contributed by atoms with E-state index in [0.717, 1.165) is 18.7 Å². The van der Waals surface area contributed by atoms with Crippen LogP contribution >= 0.6 is 0 Å². The molecule has 14 heavy (non-hydrogen) atoms. The van der Waals surface area contributed by atoms with Gasteiger partial charge >= 0.3 is 5.97 Å². The molecule has 0 bridgehead atoms. The molecule has 3 nitrogen and oxygen atoms in total. The minimum Gasteiger partial charge on any atom is -0.478 e. The summed E-state index contributed by atoms with van der Waals surface area (Å²) in [6.07, 6.45) is 4.95. The van der Waals surface area contributed by atoms with Gasteiger partial charge in [0.2, 0.25) is 0 Å². The van der Waals surface area contributed by atoms with E-state index in [4.69, 9.17) is 5.11 Å². The second-order valence-electron chi connectivity index (χ2n) is 3.19. The molecule has 0 spiro atoms. The number of para-hydroxylation sites is 1. The van der Waals surface area contributed by atoms with Crippen molar-refractivity contribution in [3.8, 4) is 0 Å². The van der Waals surface area contributed by atoms with Crippen LogP contribution in [0.4, 0.5) is 5.69 Å². The summed E-state index contributed by atoms with van der Waals surface area (Å²) in [4.78, 5) is 12.9. The summed E-state index contributed by atoms with van der Waals surface area (Å²) in [6, 6.07) is 7.06. The first-order chi connectivity index (χ1) is 6.79. The van der Waals surface area contributed by atoms with Crippen molar-refractivity contribution in [2.24, 2.45) is 0 Å². The van der Waals surface area contributed by atoms with Crippen molar-refractivity contribution in [1.82, 2.24) is 0 Å². The Hall–Kier alpha value is -1.77. The first-order valence-electron chi connectivity index (χ1n) is 4.54. The zero-order chi connectivity index (χ0) is 9.97. The second-order valence-corrected chi connectivity index (χ2v) is 3.19. The number of carbonyl (C=O) groups is 1. The van der Waals surface area contributed by atoms with Gasteiger partial charge in [-0.2, -0.15) is 0 Å². The number of carboxylic acid groups (broad SMARTS) is 1. The van der Waals surface area contributed by atoms with E-state index in [1.165, 1.54) is 0 Å². The van der Waals surface area contributed by atoms with Crippen LogP contribution in [-0.4, -0.2) is 17.6 Å². The summed E-state index contributed by atoms with van der Waals surface area (Å²) in [5, 5.41) is 8.98. The van der Waals surface area contributed by atoms with Crippen LogP contribution in [0.3, 0.4) is 0 Å². The molecule has 1 aromatic rings. The molecule has 0 atom stereocenters. The fourth-order valence-corrected chi connectivity index (χ4v) is 1.60. The molecule has 0 fully saturated rings. The zero-order valence-corrected chi connectivity index (χ0v) is 7.68. The van der Waals surface area contributed by atoms with Crippen LogP contribution in [0.2, 0.25) is 0 Å². The summed E-state index contributed by atoms with van der Waals surface area (Å²) in [7, 11) is 0. The molecular weight excluding hydrogens is 178 g/mol. The number of benzene rings is 1. The minimum absolute atomic E-state index is 0.360. The monoisotopic (exact) mass is 189 g/mol. The van der Waals surface area contributed by atoms with Crippen molar-refractivity contribution in [3.63, 3.8) is 0 Å². The number of carboxylic acids is 1. The fourth-order valence-electron chi connectivity index (χ4n) is 1.60. The molecular formula is C11H11NO2. The van der Waals surface area contributed by atoms with E-state index in [0.29, 0.717) is 5.56 Å². The van der Waals surface area contributed by atoms with Gasteiger partial charge in [-0.05, 0) is 18.6 Å². The number of anilines is 1. The predicted octanol–water partition coefficient (Wildman–Crippen LogP) is 2.11. The Labute approximate surface area is 82.3 Å². The molecule has 1 aromatic carbocycles. The topological polar surface area (TPSA) is 40.5 Å². The van der Waals surface area contributed by atoms with Gasteiger partial charge in [0.05, 0.1) is 11.3 Å². The third-order valence-corrected chi connectivity index (χ3v) is 2.27. The van der Waals surface area contributed by atoms with Gasteiger partial charge in [-0.3, -0.25) is 0 Å². The molecule has 0 aliphatic carbocycles. The standard InChI is InChI=1S/C11H11NO2/c13-11(14)9-5-1-2-6-10(9)12-7-3-4-8-12/h1-3,5-7H,4,8H2,(H,13,14). The van der Waals surface area contributed by atoms with Gasteiger partial charge in [-0.15, -0.1) is 0 Å². The molecule has 1 aliphatic heterocycles. The largest absolute Gasteiger partial charge is 0.478 e. The average molecular weight is 189 g/mol. The van der Waals surface area contributed by atoms with Crippen molar-refractivity contribution in [1.29, 1.82) is 0 Å². The van der Waals surface area contributed by atoms with E-state index in [2.05, 4.69) is 0 Å². The molecule has 3 heteroatoms. The van der Waals surface area contributed by atoms with Crippen LogP contribution in [0.25, 0.3) is 0 Å². The average Bonchev–Trinajstić information content (AvgIpc) is 2.70. The molecule has 1 heterocycles. The van der Waals surface area contributed by atoms with Crippen LogP contribution < -0.4 is 4.90 Å². The number of hydrogen-bond acceptors (Lipinski definition) is 2. The van der Waals surface area contributed by atoms with E-state index in [-0.39, 0.29) is 0 Å². The second kappa shape index (κ2) is 3.54. The van der Waals surface area contributed by atoms with Gasteiger partial charge in [-0.25, -0.2) is 4.79 Å². The maximum atomic E-state index is 10.9. The first-order valence-corrected chi connectivity index (χ1v) is 4.54. The van der Waals surface area contributed by atoms with Gasteiger partial charge in [0, 0.05) is 12.7 Å². The number of aromatic carboxylic acids is 1. The highest BCUT2D eigenvalue weighted by atomic mass is 16.4. The van der Waals surface area contributed by atoms with Crippen molar-refractivity contribution >= 4 is 11.7 Å². The Kier molecular flexibility index (Phi) is 2.23. The molecule has 0 radical (unpaired) electrons. The molecule has 0 saturated carbocycles. The highest BCUT2D eigenvalue weighted by Crippen LogP contribution is 2.23. The lowest BCUT2D eigenvalue weighted by molar-refractivity contribution is 0.0697. The smallest absolute Gasteiger partial charge is 0.337 e. The van der Waals surface area contributed by atoms with E-state index in [1.54, 1.807) is 12.1 Å². The lowest BCUT2D eigenvalue weighted by atomic mass is 10.1. The maximum Gasteiger partial charge on any atom is 0.337 e. The molecule has 0 saturated heterocycles. The molecule has 1 aliphatic rings. The molecule has 1 N–H and O–H groups in total. The van der Waals surface area contributed by atoms with Crippen LogP contribution in [-0.2, 0) is 0 Å². The molecule has 2 rings (SSSR count). The van der Waals surface area contributed by atoms with E-state index < -0.39 is 5.97 Å². The SMILES string of the molecule is O=C(O)c1ccccc1N1C=CCC1. The molecule has 0 amide bonds. The van der Waals surface area contributed by atoms with E-state index >= 15 is 0 Å². The highest BCUT2D eigenvalue weighted by Gasteiger charge is 2.14. The molecule has 0 unspecified atom stereocenters. The van der Waals surface area contributed by atoms with Gasteiger partial charge in [0.1, 0.15) is 0 Å². The summed E-state index contributed by atoms with van der Waals surface area (Å²) in [5.74, 6) is -0.874. The Morgan fingerprint density at radius 2 is 2.14 bits per heavy atom. The normalized spacial score (nSPS) is 14.7. The summed E-state index contributed by atoms with van der Waals surface area (Å²) in [6.45, 7) is 0.865. The lowest BCUT2D eigenvalue weighted by Crippen LogP contribution is -2.15. The minimum atomic E-state index is -0.874. The summed E-state index contributed by atoms with van der Waals surface area (Å²) < 4.78 is 0. The van der Waals surface area contributed by atoms with Crippen LogP contribution in [0.5, 0.6) is 0 Å². The number of hydrogen-bond donors (Lipinski definition) is 1. The van der Waals surface area contributed by atoms with Gasteiger partial charge in [0.15, 0.2) is 0 Å². The van der Waals surface area contributed by atoms with E-state index in [1.807, 2.05) is 29.3 Å². The zero-order valence-electron chi connectivity index (χ0n) is 7.68. The van der Waals surface area contributed by atoms with E-state index in [9.17, 15) is 4.79 Å². The molecule has 72 valence electrons. The quantitative estimate of drug-likeness (QED) is 0.774. The lowest BCUT2D eigenvalue weighted by Gasteiger charge is -2.17. The Bertz CT molecular complexity index is 385. The van der Waals surface area contributed by atoms with Crippen molar-refractivity contribution in [3.05, 3.63) is 42.1 Å². The fraction of sp³-hybridized carbons (Fsp3) is 0.182. The predicted molar refractivity (Wildman–Crippen MR) is 54.5 cm³/mol. The highest BCUT2D eigenvalue weighted by molar-refractivity contribution is 5.94. The van der Waals surface area contributed by atoms with Gasteiger partial charge in [-0.1, -0.05) is 18.2 Å². The molecule has 0 aromatic heterocycles. The number of rotatable bonds is 2. The van der Waals surface area contributed by atoms with Crippen molar-refractivity contribution < 1.29 is 9.90 Å². The van der Waals surface area contributed by atoms with Crippen LogP contribution in [0, 0.1) is 0 Å². The van der Waals surface area contributed by atoms with Crippen LogP contribution in [0.15, 0.2) is 36.5 Å². The van der Waals surface area contributed by atoms with Gasteiger partial charge in [0.25, 0.3) is 0 Å². The summed E-state index contributed by atoms with van der Waals surface area (Å²) in [5.41, 5.74) is 1.13. The Balaban J connectivity index is 2.40. The Morgan fingerprint density at radius 1 is 1.36 bits per heavy atom. The summed E-state index contributed by atoms with van der Waals surface area (Å²) >= 11 is 0. The van der Waals surface area contributed by atoms with Gasteiger partial charge < -0.3 is 10.0 Å². The third-order valence-electron chi connectivity index (χ3n) is 2.27. The van der Waals surface area contributed by atoms with Crippen LogP contribution in [0.1, 0.15) is 16.8 Å². The third kappa shape index (κ3) is 1.48. The maximum absolute atomic E-state index is 10.9. The van der Waals surface area contributed by atoms with Crippen molar-refractivity contribution in [2.45, 2.75) is 6.42 Å². The van der Waals surface area contributed by atoms with Crippen molar-refractivity contribution in [2.75, 3.05) is 11.4 Å². The first kappa shape index (κ1) is 8.81. The Morgan fingerprint density at radius 3 is 2.79 bits per heavy atom.